The standard InChI is InChI=1S/C12H22F2N4O/c1-9(2)6-18-12(16-8-17-18)5-10(15)3-4-19-7-11(13)14/h8-11H,3-7,15H2,1-2H3. The fraction of sp³-hybridized carbons (Fsp3) is 0.833. The fourth-order valence-electron chi connectivity index (χ4n) is 1.69. The second kappa shape index (κ2) is 8.16. The molecule has 5 nitrogen and oxygen atoms in total. The second-order valence-corrected chi connectivity index (χ2v) is 4.97. The van der Waals surface area contributed by atoms with Crippen molar-refractivity contribution in [3.63, 3.8) is 0 Å². The number of ether oxygens (including phenoxy) is 1. The van der Waals surface area contributed by atoms with E-state index in [-0.39, 0.29) is 12.6 Å². The van der Waals surface area contributed by atoms with E-state index in [0.29, 0.717) is 18.8 Å². The molecule has 1 aromatic heterocycles. The zero-order valence-electron chi connectivity index (χ0n) is 11.4. The van der Waals surface area contributed by atoms with Gasteiger partial charge in [-0.25, -0.2) is 18.4 Å². The Morgan fingerprint density at radius 1 is 1.42 bits per heavy atom. The summed E-state index contributed by atoms with van der Waals surface area (Å²) in [4.78, 5) is 4.18. The van der Waals surface area contributed by atoms with Gasteiger partial charge in [-0.3, -0.25) is 0 Å². The van der Waals surface area contributed by atoms with E-state index in [1.165, 1.54) is 6.33 Å². The van der Waals surface area contributed by atoms with Crippen LogP contribution in [0.2, 0.25) is 0 Å². The molecule has 19 heavy (non-hydrogen) atoms. The first-order chi connectivity index (χ1) is 8.99. The van der Waals surface area contributed by atoms with E-state index < -0.39 is 13.0 Å². The van der Waals surface area contributed by atoms with Crippen molar-refractivity contribution < 1.29 is 13.5 Å². The number of halogens is 2. The maximum Gasteiger partial charge on any atom is 0.261 e. The van der Waals surface area contributed by atoms with E-state index in [4.69, 9.17) is 10.5 Å². The van der Waals surface area contributed by atoms with Gasteiger partial charge in [0.1, 0.15) is 18.8 Å². The third-order valence-electron chi connectivity index (χ3n) is 2.56. The largest absolute Gasteiger partial charge is 0.375 e. The Kier molecular flexibility index (Phi) is 6.86. The molecule has 0 fully saturated rings. The van der Waals surface area contributed by atoms with E-state index in [1.807, 2.05) is 4.68 Å². The summed E-state index contributed by atoms with van der Waals surface area (Å²) in [5.41, 5.74) is 5.93. The van der Waals surface area contributed by atoms with Gasteiger partial charge in [-0.2, -0.15) is 5.10 Å². The van der Waals surface area contributed by atoms with Crippen LogP contribution < -0.4 is 5.73 Å². The first kappa shape index (κ1) is 16.0. The third kappa shape index (κ3) is 6.58. The molecule has 1 rings (SSSR count). The normalized spacial score (nSPS) is 13.4. The molecule has 0 spiro atoms. The van der Waals surface area contributed by atoms with Gasteiger partial charge in [-0.15, -0.1) is 0 Å². The average Bonchev–Trinajstić information content (AvgIpc) is 2.71. The van der Waals surface area contributed by atoms with Gasteiger partial charge in [-0.1, -0.05) is 13.8 Å². The van der Waals surface area contributed by atoms with E-state index in [2.05, 4.69) is 23.9 Å². The minimum atomic E-state index is -2.43. The summed E-state index contributed by atoms with van der Waals surface area (Å²) in [6.45, 7) is 4.71. The molecule has 0 aromatic carbocycles. The minimum absolute atomic E-state index is 0.159. The Balaban J connectivity index is 2.31. The van der Waals surface area contributed by atoms with Crippen molar-refractivity contribution in [2.45, 2.75) is 45.7 Å². The van der Waals surface area contributed by atoms with Crippen LogP contribution in [0.5, 0.6) is 0 Å². The minimum Gasteiger partial charge on any atom is -0.375 e. The number of hydrogen-bond acceptors (Lipinski definition) is 4. The lowest BCUT2D eigenvalue weighted by Gasteiger charge is -2.13. The molecular weight excluding hydrogens is 254 g/mol. The van der Waals surface area contributed by atoms with Crippen LogP contribution in [-0.2, 0) is 17.7 Å². The van der Waals surface area contributed by atoms with E-state index in [1.54, 1.807) is 0 Å². The summed E-state index contributed by atoms with van der Waals surface area (Å²) in [6, 6.07) is -0.159. The van der Waals surface area contributed by atoms with Gasteiger partial charge in [0, 0.05) is 25.6 Å². The zero-order valence-corrected chi connectivity index (χ0v) is 11.4. The van der Waals surface area contributed by atoms with Gasteiger partial charge in [0.2, 0.25) is 0 Å². The Morgan fingerprint density at radius 3 is 2.79 bits per heavy atom. The van der Waals surface area contributed by atoms with Crippen molar-refractivity contribution in [1.82, 2.24) is 14.8 Å². The molecule has 0 radical (unpaired) electrons. The Hall–Kier alpha value is -1.08. The topological polar surface area (TPSA) is 66.0 Å². The van der Waals surface area contributed by atoms with Gasteiger partial charge in [0.05, 0.1) is 0 Å². The van der Waals surface area contributed by atoms with Crippen molar-refractivity contribution in [2.75, 3.05) is 13.2 Å². The average molecular weight is 276 g/mol. The quantitative estimate of drug-likeness (QED) is 0.694. The molecule has 1 atom stereocenters. The highest BCUT2D eigenvalue weighted by molar-refractivity contribution is 4.89. The fourth-order valence-corrected chi connectivity index (χ4v) is 1.69. The van der Waals surface area contributed by atoms with E-state index in [0.717, 1.165) is 12.4 Å². The van der Waals surface area contributed by atoms with Gasteiger partial charge in [0.25, 0.3) is 6.43 Å². The van der Waals surface area contributed by atoms with Crippen molar-refractivity contribution in [3.8, 4) is 0 Å². The molecule has 110 valence electrons. The third-order valence-corrected chi connectivity index (χ3v) is 2.56. The van der Waals surface area contributed by atoms with Crippen molar-refractivity contribution in [1.29, 1.82) is 0 Å². The maximum absolute atomic E-state index is 11.9. The SMILES string of the molecule is CC(C)Cn1ncnc1CC(N)CCOCC(F)F. The maximum atomic E-state index is 11.9. The predicted molar refractivity (Wildman–Crippen MR) is 68.0 cm³/mol. The van der Waals surface area contributed by atoms with Crippen LogP contribution in [0.3, 0.4) is 0 Å². The lowest BCUT2D eigenvalue weighted by Crippen LogP contribution is -2.27. The highest BCUT2D eigenvalue weighted by atomic mass is 19.3. The zero-order chi connectivity index (χ0) is 14.3. The van der Waals surface area contributed by atoms with Crippen LogP contribution in [0.25, 0.3) is 0 Å². The van der Waals surface area contributed by atoms with Crippen LogP contribution in [0.15, 0.2) is 6.33 Å². The lowest BCUT2D eigenvalue weighted by atomic mass is 10.1. The number of rotatable bonds is 9. The van der Waals surface area contributed by atoms with Crippen LogP contribution >= 0.6 is 0 Å². The number of nitrogens with two attached hydrogens (primary N) is 1. The van der Waals surface area contributed by atoms with Crippen LogP contribution in [0.1, 0.15) is 26.1 Å². The molecular formula is C12H22F2N4O. The molecule has 0 saturated carbocycles. The summed E-state index contributed by atoms with van der Waals surface area (Å²) >= 11 is 0. The van der Waals surface area contributed by atoms with Crippen molar-refractivity contribution in [3.05, 3.63) is 12.2 Å². The summed E-state index contributed by atoms with van der Waals surface area (Å²) < 4.78 is 30.4. The molecule has 0 aliphatic rings. The van der Waals surface area contributed by atoms with Crippen LogP contribution in [0.4, 0.5) is 8.78 Å². The Morgan fingerprint density at radius 2 is 2.16 bits per heavy atom. The monoisotopic (exact) mass is 276 g/mol. The number of alkyl halides is 2. The summed E-state index contributed by atoms with van der Waals surface area (Å²) in [6.07, 6.45) is 0.189. The Bertz CT molecular complexity index is 357. The molecule has 2 N–H and O–H groups in total. The Labute approximate surface area is 112 Å². The van der Waals surface area contributed by atoms with Gasteiger partial charge in [-0.05, 0) is 12.3 Å². The second-order valence-electron chi connectivity index (χ2n) is 4.97. The number of hydrogen-bond donors (Lipinski definition) is 1. The predicted octanol–water partition coefficient (Wildman–Crippen LogP) is 1.48. The highest BCUT2D eigenvalue weighted by Gasteiger charge is 2.11. The van der Waals surface area contributed by atoms with Gasteiger partial charge in [0.15, 0.2) is 0 Å². The van der Waals surface area contributed by atoms with E-state index in [9.17, 15) is 8.78 Å². The van der Waals surface area contributed by atoms with E-state index >= 15 is 0 Å². The first-order valence-electron chi connectivity index (χ1n) is 6.47. The van der Waals surface area contributed by atoms with Crippen LogP contribution in [0, 0.1) is 5.92 Å². The highest BCUT2D eigenvalue weighted by Crippen LogP contribution is 2.05. The number of nitrogens with zero attached hydrogens (tertiary/aromatic N) is 3. The molecule has 0 aliphatic carbocycles. The molecule has 0 saturated heterocycles. The lowest BCUT2D eigenvalue weighted by molar-refractivity contribution is 0.0152. The van der Waals surface area contributed by atoms with Crippen molar-refractivity contribution in [2.24, 2.45) is 11.7 Å². The molecule has 1 unspecified atom stereocenters. The summed E-state index contributed by atoms with van der Waals surface area (Å²) in [7, 11) is 0. The number of aromatic nitrogens is 3. The molecule has 1 heterocycles. The van der Waals surface area contributed by atoms with Crippen molar-refractivity contribution >= 4 is 0 Å². The molecule has 1 aromatic rings. The van der Waals surface area contributed by atoms with Gasteiger partial charge >= 0.3 is 0 Å². The molecule has 0 aliphatic heterocycles. The molecule has 0 amide bonds. The summed E-state index contributed by atoms with van der Waals surface area (Å²) in [5, 5.41) is 4.15. The van der Waals surface area contributed by atoms with Crippen LogP contribution in [-0.4, -0.2) is 40.4 Å². The van der Waals surface area contributed by atoms with Gasteiger partial charge < -0.3 is 10.5 Å². The molecule has 0 bridgehead atoms. The summed E-state index contributed by atoms with van der Waals surface area (Å²) in [5.74, 6) is 1.31. The molecule has 7 heteroatoms. The first-order valence-corrected chi connectivity index (χ1v) is 6.47. The smallest absolute Gasteiger partial charge is 0.261 e.